The highest BCUT2D eigenvalue weighted by Crippen LogP contribution is 2.33. The molecule has 4 heteroatoms. The Hall–Kier alpha value is -0.930. The van der Waals surface area contributed by atoms with Crippen LogP contribution in [0.25, 0.3) is 0 Å². The molecule has 0 spiro atoms. The highest BCUT2D eigenvalue weighted by atomic mass is 35.5. The van der Waals surface area contributed by atoms with Gasteiger partial charge in [0.25, 0.3) is 0 Å². The Bertz CT molecular complexity index is 382. The molecule has 0 unspecified atom stereocenters. The van der Waals surface area contributed by atoms with Gasteiger partial charge in [-0.1, -0.05) is 11.6 Å². The third-order valence-corrected chi connectivity index (χ3v) is 3.15. The SMILES string of the molecule is COCCCNc1cc2c(cc1Cl)CCCO2. The van der Waals surface area contributed by atoms with E-state index in [1.807, 2.05) is 12.1 Å². The molecule has 1 N–H and O–H groups in total. The van der Waals surface area contributed by atoms with E-state index in [1.165, 1.54) is 5.56 Å². The van der Waals surface area contributed by atoms with Crippen LogP contribution >= 0.6 is 11.6 Å². The zero-order valence-corrected chi connectivity index (χ0v) is 10.8. The van der Waals surface area contributed by atoms with E-state index in [2.05, 4.69) is 5.32 Å². The number of fused-ring (bicyclic) bond motifs is 1. The van der Waals surface area contributed by atoms with Crippen molar-refractivity contribution in [2.24, 2.45) is 0 Å². The highest BCUT2D eigenvalue weighted by Gasteiger charge is 2.13. The summed E-state index contributed by atoms with van der Waals surface area (Å²) in [5.41, 5.74) is 2.16. The molecule has 1 aromatic rings. The number of halogens is 1. The fourth-order valence-corrected chi connectivity index (χ4v) is 2.20. The molecule has 1 aliphatic rings. The van der Waals surface area contributed by atoms with E-state index in [9.17, 15) is 0 Å². The van der Waals surface area contributed by atoms with E-state index in [0.717, 1.165) is 55.5 Å². The van der Waals surface area contributed by atoms with Crippen molar-refractivity contribution in [2.45, 2.75) is 19.3 Å². The first-order chi connectivity index (χ1) is 8.31. The Balaban J connectivity index is 2.01. The van der Waals surface area contributed by atoms with Gasteiger partial charge in [0.15, 0.2) is 0 Å². The summed E-state index contributed by atoms with van der Waals surface area (Å²) >= 11 is 6.22. The molecule has 0 saturated carbocycles. The van der Waals surface area contributed by atoms with Crippen molar-refractivity contribution >= 4 is 17.3 Å². The Labute approximate surface area is 107 Å². The summed E-state index contributed by atoms with van der Waals surface area (Å²) in [7, 11) is 1.71. The Kier molecular flexibility index (Phi) is 4.51. The van der Waals surface area contributed by atoms with Gasteiger partial charge in [-0.15, -0.1) is 0 Å². The van der Waals surface area contributed by atoms with Crippen LogP contribution in [-0.4, -0.2) is 26.9 Å². The maximum Gasteiger partial charge on any atom is 0.124 e. The number of benzene rings is 1. The molecule has 0 radical (unpaired) electrons. The summed E-state index contributed by atoms with van der Waals surface area (Å²) < 4.78 is 10.6. The summed E-state index contributed by atoms with van der Waals surface area (Å²) in [6.07, 6.45) is 3.09. The summed E-state index contributed by atoms with van der Waals surface area (Å²) in [5.74, 6) is 0.967. The first-order valence-electron chi connectivity index (χ1n) is 5.99. The first kappa shape index (κ1) is 12.5. The largest absolute Gasteiger partial charge is 0.493 e. The van der Waals surface area contributed by atoms with Gasteiger partial charge in [0.05, 0.1) is 17.3 Å². The van der Waals surface area contributed by atoms with E-state index in [0.29, 0.717) is 0 Å². The van der Waals surface area contributed by atoms with Gasteiger partial charge in [-0.3, -0.25) is 0 Å². The van der Waals surface area contributed by atoms with Crippen LogP contribution in [0, 0.1) is 0 Å². The standard InChI is InChI=1S/C13H18ClNO2/c1-16-6-3-5-15-12-9-13-10(8-11(12)14)4-2-7-17-13/h8-9,15H,2-7H2,1H3. The number of ether oxygens (including phenoxy) is 2. The number of aryl methyl sites for hydroxylation is 1. The average molecular weight is 256 g/mol. The smallest absolute Gasteiger partial charge is 0.124 e. The third-order valence-electron chi connectivity index (χ3n) is 2.84. The second-order valence-corrected chi connectivity index (χ2v) is 4.57. The van der Waals surface area contributed by atoms with Crippen LogP contribution in [0.3, 0.4) is 0 Å². The molecule has 94 valence electrons. The van der Waals surface area contributed by atoms with E-state index in [1.54, 1.807) is 7.11 Å². The van der Waals surface area contributed by atoms with Gasteiger partial charge >= 0.3 is 0 Å². The molecule has 0 amide bonds. The van der Waals surface area contributed by atoms with Gasteiger partial charge in [-0.2, -0.15) is 0 Å². The Morgan fingerprint density at radius 2 is 2.35 bits per heavy atom. The van der Waals surface area contributed by atoms with Crippen LogP contribution in [0.15, 0.2) is 12.1 Å². The topological polar surface area (TPSA) is 30.5 Å². The molecule has 1 aromatic carbocycles. The molecular formula is C13H18ClNO2. The maximum atomic E-state index is 6.22. The second kappa shape index (κ2) is 6.12. The minimum atomic E-state index is 0.756. The lowest BCUT2D eigenvalue weighted by Crippen LogP contribution is -2.10. The molecule has 0 atom stereocenters. The number of hydrogen-bond acceptors (Lipinski definition) is 3. The number of nitrogens with one attached hydrogen (secondary N) is 1. The highest BCUT2D eigenvalue weighted by molar-refractivity contribution is 6.33. The van der Waals surface area contributed by atoms with Gasteiger partial charge in [0.2, 0.25) is 0 Å². The predicted molar refractivity (Wildman–Crippen MR) is 70.3 cm³/mol. The van der Waals surface area contributed by atoms with Gasteiger partial charge < -0.3 is 14.8 Å². The van der Waals surface area contributed by atoms with Crippen LogP contribution in [0.5, 0.6) is 5.75 Å². The van der Waals surface area contributed by atoms with Crippen LogP contribution in [-0.2, 0) is 11.2 Å². The van der Waals surface area contributed by atoms with Crippen LogP contribution in [0.2, 0.25) is 5.02 Å². The van der Waals surface area contributed by atoms with Gasteiger partial charge in [0.1, 0.15) is 5.75 Å². The van der Waals surface area contributed by atoms with Gasteiger partial charge in [-0.25, -0.2) is 0 Å². The van der Waals surface area contributed by atoms with Crippen molar-refractivity contribution in [3.63, 3.8) is 0 Å². The molecule has 1 heterocycles. The zero-order valence-electron chi connectivity index (χ0n) is 10.1. The zero-order chi connectivity index (χ0) is 12.1. The monoisotopic (exact) mass is 255 g/mol. The number of methoxy groups -OCH3 is 1. The first-order valence-corrected chi connectivity index (χ1v) is 6.37. The van der Waals surface area contributed by atoms with Crippen molar-refractivity contribution in [3.8, 4) is 5.75 Å². The molecule has 17 heavy (non-hydrogen) atoms. The molecular weight excluding hydrogens is 238 g/mol. The average Bonchev–Trinajstić information content (AvgIpc) is 2.35. The molecule has 3 nitrogen and oxygen atoms in total. The fraction of sp³-hybridized carbons (Fsp3) is 0.538. The summed E-state index contributed by atoms with van der Waals surface area (Å²) in [4.78, 5) is 0. The third kappa shape index (κ3) is 3.27. The van der Waals surface area contributed by atoms with Gasteiger partial charge in [-0.05, 0) is 30.9 Å². The molecule has 0 aliphatic carbocycles. The number of anilines is 1. The molecule has 1 aliphatic heterocycles. The number of hydrogen-bond donors (Lipinski definition) is 1. The van der Waals surface area contributed by atoms with Crippen molar-refractivity contribution in [2.75, 3.05) is 32.2 Å². The van der Waals surface area contributed by atoms with Crippen molar-refractivity contribution in [1.82, 2.24) is 0 Å². The van der Waals surface area contributed by atoms with Crippen molar-refractivity contribution in [3.05, 3.63) is 22.7 Å². The van der Waals surface area contributed by atoms with Crippen molar-refractivity contribution < 1.29 is 9.47 Å². The van der Waals surface area contributed by atoms with E-state index >= 15 is 0 Å². The van der Waals surface area contributed by atoms with Crippen LogP contribution in [0.1, 0.15) is 18.4 Å². The second-order valence-electron chi connectivity index (χ2n) is 4.16. The normalized spacial score (nSPS) is 14.0. The molecule has 2 rings (SSSR count). The minimum Gasteiger partial charge on any atom is -0.493 e. The lowest BCUT2D eigenvalue weighted by Gasteiger charge is -2.19. The summed E-state index contributed by atoms with van der Waals surface area (Å²) in [6.45, 7) is 2.41. The summed E-state index contributed by atoms with van der Waals surface area (Å²) in [5, 5.41) is 4.08. The minimum absolute atomic E-state index is 0.756. The Morgan fingerprint density at radius 1 is 1.47 bits per heavy atom. The molecule has 0 fully saturated rings. The van der Waals surface area contributed by atoms with E-state index in [-0.39, 0.29) is 0 Å². The van der Waals surface area contributed by atoms with E-state index in [4.69, 9.17) is 21.1 Å². The van der Waals surface area contributed by atoms with Crippen LogP contribution < -0.4 is 10.1 Å². The maximum absolute atomic E-state index is 6.22. The fourth-order valence-electron chi connectivity index (χ4n) is 1.94. The predicted octanol–water partition coefficient (Wildman–Crippen LogP) is 3.11. The van der Waals surface area contributed by atoms with Crippen LogP contribution in [0.4, 0.5) is 5.69 Å². The van der Waals surface area contributed by atoms with E-state index < -0.39 is 0 Å². The molecule has 0 saturated heterocycles. The quantitative estimate of drug-likeness (QED) is 0.820. The van der Waals surface area contributed by atoms with Gasteiger partial charge in [0, 0.05) is 26.3 Å². The Morgan fingerprint density at radius 3 is 3.18 bits per heavy atom. The molecule has 0 aromatic heterocycles. The van der Waals surface area contributed by atoms with Crippen molar-refractivity contribution in [1.29, 1.82) is 0 Å². The lowest BCUT2D eigenvalue weighted by molar-refractivity contribution is 0.198. The lowest BCUT2D eigenvalue weighted by atomic mass is 10.1. The number of rotatable bonds is 5. The molecule has 0 bridgehead atoms. The summed E-state index contributed by atoms with van der Waals surface area (Å²) in [6, 6.07) is 4.01.